The van der Waals surface area contributed by atoms with E-state index >= 15 is 0 Å². The van der Waals surface area contributed by atoms with E-state index in [0.717, 1.165) is 11.3 Å². The maximum absolute atomic E-state index is 11.8. The van der Waals surface area contributed by atoms with Crippen LogP contribution in [0, 0.1) is 6.92 Å². The highest BCUT2D eigenvalue weighted by molar-refractivity contribution is 5.90. The number of benzene rings is 1. The van der Waals surface area contributed by atoms with E-state index in [1.165, 1.54) is 0 Å². The highest BCUT2D eigenvalue weighted by atomic mass is 16.2. The highest BCUT2D eigenvalue weighted by Gasteiger charge is 2.10. The SMILES string of the molecule is CCN(CC)C(=O)Nc1cc(N)ccc1C. The standard InChI is InChI=1S/C12H19N3O/c1-4-15(5-2)12(16)14-11-8-10(13)7-6-9(11)3/h6-8H,4-5,13H2,1-3H3,(H,14,16). The molecule has 0 unspecified atom stereocenters. The third kappa shape index (κ3) is 2.89. The van der Waals surface area contributed by atoms with Gasteiger partial charge < -0.3 is 16.0 Å². The fourth-order valence-corrected chi connectivity index (χ4v) is 1.48. The Morgan fingerprint density at radius 2 is 2.00 bits per heavy atom. The number of carbonyl (C=O) groups is 1. The number of nitrogens with two attached hydrogens (primary N) is 1. The van der Waals surface area contributed by atoms with E-state index in [4.69, 9.17) is 5.73 Å². The molecule has 1 rings (SSSR count). The number of rotatable bonds is 3. The van der Waals surface area contributed by atoms with E-state index in [1.54, 1.807) is 11.0 Å². The number of urea groups is 1. The fraction of sp³-hybridized carbons (Fsp3) is 0.417. The van der Waals surface area contributed by atoms with Gasteiger partial charge in [0, 0.05) is 24.5 Å². The molecule has 0 bridgehead atoms. The van der Waals surface area contributed by atoms with Crippen LogP contribution >= 0.6 is 0 Å². The van der Waals surface area contributed by atoms with Gasteiger partial charge in [-0.05, 0) is 38.5 Å². The lowest BCUT2D eigenvalue weighted by molar-refractivity contribution is 0.217. The Hall–Kier alpha value is -1.71. The second kappa shape index (κ2) is 5.39. The summed E-state index contributed by atoms with van der Waals surface area (Å²) in [5, 5.41) is 2.86. The molecule has 0 heterocycles. The molecule has 4 heteroatoms. The van der Waals surface area contributed by atoms with Gasteiger partial charge in [0.05, 0.1) is 0 Å². The topological polar surface area (TPSA) is 58.4 Å². The van der Waals surface area contributed by atoms with Crippen molar-refractivity contribution < 1.29 is 4.79 Å². The molecule has 0 spiro atoms. The van der Waals surface area contributed by atoms with Crippen molar-refractivity contribution in [2.75, 3.05) is 24.1 Å². The summed E-state index contributed by atoms with van der Waals surface area (Å²) in [5.41, 5.74) is 8.12. The molecule has 88 valence electrons. The van der Waals surface area contributed by atoms with Crippen LogP contribution in [0.1, 0.15) is 19.4 Å². The van der Waals surface area contributed by atoms with E-state index in [2.05, 4.69) is 5.32 Å². The lowest BCUT2D eigenvalue weighted by Crippen LogP contribution is -2.34. The molecule has 0 aliphatic rings. The van der Waals surface area contributed by atoms with Gasteiger partial charge in [-0.1, -0.05) is 6.07 Å². The summed E-state index contributed by atoms with van der Waals surface area (Å²) in [4.78, 5) is 13.5. The van der Waals surface area contributed by atoms with Gasteiger partial charge in [0.2, 0.25) is 0 Å². The minimum atomic E-state index is -0.0845. The first kappa shape index (κ1) is 12.4. The van der Waals surface area contributed by atoms with Crippen molar-refractivity contribution in [3.8, 4) is 0 Å². The van der Waals surface area contributed by atoms with Crippen LogP contribution in [0.15, 0.2) is 18.2 Å². The predicted molar refractivity (Wildman–Crippen MR) is 67.5 cm³/mol. The molecule has 0 fully saturated rings. The molecular weight excluding hydrogens is 202 g/mol. The minimum absolute atomic E-state index is 0.0845. The second-order valence-electron chi connectivity index (χ2n) is 3.68. The molecule has 1 aromatic rings. The van der Waals surface area contributed by atoms with Crippen LogP contribution in [0.3, 0.4) is 0 Å². The van der Waals surface area contributed by atoms with Crippen LogP contribution in [0.4, 0.5) is 16.2 Å². The molecule has 0 aromatic heterocycles. The average molecular weight is 221 g/mol. The Morgan fingerprint density at radius 3 is 2.56 bits per heavy atom. The van der Waals surface area contributed by atoms with Gasteiger partial charge in [-0.3, -0.25) is 0 Å². The third-order valence-corrected chi connectivity index (χ3v) is 2.55. The molecule has 1 aromatic carbocycles. The molecule has 3 N–H and O–H groups in total. The van der Waals surface area contributed by atoms with E-state index in [9.17, 15) is 4.79 Å². The smallest absolute Gasteiger partial charge is 0.321 e. The van der Waals surface area contributed by atoms with E-state index in [-0.39, 0.29) is 6.03 Å². The average Bonchev–Trinajstić information content (AvgIpc) is 2.25. The van der Waals surface area contributed by atoms with Crippen molar-refractivity contribution in [2.24, 2.45) is 0 Å². The second-order valence-corrected chi connectivity index (χ2v) is 3.68. The summed E-state index contributed by atoms with van der Waals surface area (Å²) >= 11 is 0. The number of carbonyl (C=O) groups excluding carboxylic acids is 1. The Bertz CT molecular complexity index is 373. The Kier molecular flexibility index (Phi) is 4.17. The van der Waals surface area contributed by atoms with Gasteiger partial charge >= 0.3 is 6.03 Å². The molecule has 4 nitrogen and oxygen atoms in total. The summed E-state index contributed by atoms with van der Waals surface area (Å²) < 4.78 is 0. The molecule has 0 saturated carbocycles. The van der Waals surface area contributed by atoms with Crippen molar-refractivity contribution in [1.82, 2.24) is 4.90 Å². The zero-order valence-corrected chi connectivity index (χ0v) is 10.1. The number of nitrogens with zero attached hydrogens (tertiary/aromatic N) is 1. The largest absolute Gasteiger partial charge is 0.399 e. The summed E-state index contributed by atoms with van der Waals surface area (Å²) in [6, 6.07) is 5.41. The van der Waals surface area contributed by atoms with Crippen LogP contribution in [0.25, 0.3) is 0 Å². The lowest BCUT2D eigenvalue weighted by atomic mass is 10.2. The summed E-state index contributed by atoms with van der Waals surface area (Å²) in [6.07, 6.45) is 0. The highest BCUT2D eigenvalue weighted by Crippen LogP contribution is 2.18. The van der Waals surface area contributed by atoms with Gasteiger partial charge in [-0.2, -0.15) is 0 Å². The number of anilines is 2. The number of aryl methyl sites for hydroxylation is 1. The van der Waals surface area contributed by atoms with Crippen LogP contribution in [-0.2, 0) is 0 Å². The Morgan fingerprint density at radius 1 is 1.38 bits per heavy atom. The van der Waals surface area contributed by atoms with Crippen LogP contribution in [0.5, 0.6) is 0 Å². The van der Waals surface area contributed by atoms with Gasteiger partial charge in [0.1, 0.15) is 0 Å². The number of hydrogen-bond acceptors (Lipinski definition) is 2. The first-order valence-corrected chi connectivity index (χ1v) is 5.50. The van der Waals surface area contributed by atoms with Crippen molar-refractivity contribution in [2.45, 2.75) is 20.8 Å². The molecular formula is C12H19N3O. The summed E-state index contributed by atoms with van der Waals surface area (Å²) in [5.74, 6) is 0. The van der Waals surface area contributed by atoms with E-state index in [1.807, 2.05) is 32.9 Å². The van der Waals surface area contributed by atoms with Crippen molar-refractivity contribution in [1.29, 1.82) is 0 Å². The Labute approximate surface area is 96.4 Å². The fourth-order valence-electron chi connectivity index (χ4n) is 1.48. The molecule has 0 radical (unpaired) electrons. The molecule has 0 aliphatic heterocycles. The Balaban J connectivity index is 2.80. The monoisotopic (exact) mass is 221 g/mol. The van der Waals surface area contributed by atoms with Crippen molar-refractivity contribution in [3.05, 3.63) is 23.8 Å². The lowest BCUT2D eigenvalue weighted by Gasteiger charge is -2.20. The van der Waals surface area contributed by atoms with Crippen molar-refractivity contribution in [3.63, 3.8) is 0 Å². The number of hydrogen-bond donors (Lipinski definition) is 2. The molecule has 2 amide bonds. The quantitative estimate of drug-likeness (QED) is 0.770. The van der Waals surface area contributed by atoms with Gasteiger partial charge in [-0.25, -0.2) is 4.79 Å². The molecule has 16 heavy (non-hydrogen) atoms. The first-order chi connectivity index (χ1) is 7.58. The third-order valence-electron chi connectivity index (χ3n) is 2.55. The zero-order chi connectivity index (χ0) is 12.1. The first-order valence-electron chi connectivity index (χ1n) is 5.50. The van der Waals surface area contributed by atoms with Gasteiger partial charge in [0.25, 0.3) is 0 Å². The molecule has 0 aliphatic carbocycles. The molecule has 0 saturated heterocycles. The van der Waals surface area contributed by atoms with E-state index < -0.39 is 0 Å². The van der Waals surface area contributed by atoms with Crippen LogP contribution < -0.4 is 11.1 Å². The minimum Gasteiger partial charge on any atom is -0.399 e. The normalized spacial score (nSPS) is 9.94. The number of nitrogens with one attached hydrogen (secondary N) is 1. The molecule has 0 atom stereocenters. The van der Waals surface area contributed by atoms with E-state index in [0.29, 0.717) is 18.8 Å². The van der Waals surface area contributed by atoms with Gasteiger partial charge in [-0.15, -0.1) is 0 Å². The zero-order valence-electron chi connectivity index (χ0n) is 10.1. The summed E-state index contributed by atoms with van der Waals surface area (Å²) in [6.45, 7) is 7.25. The van der Waals surface area contributed by atoms with Crippen LogP contribution in [0.2, 0.25) is 0 Å². The van der Waals surface area contributed by atoms with Crippen LogP contribution in [-0.4, -0.2) is 24.0 Å². The summed E-state index contributed by atoms with van der Waals surface area (Å²) in [7, 11) is 0. The number of nitrogen functional groups attached to an aromatic ring is 1. The number of amides is 2. The predicted octanol–water partition coefficient (Wildman–Crippen LogP) is 2.45. The van der Waals surface area contributed by atoms with Crippen molar-refractivity contribution >= 4 is 17.4 Å². The maximum atomic E-state index is 11.8. The van der Waals surface area contributed by atoms with Gasteiger partial charge in [0.15, 0.2) is 0 Å². The maximum Gasteiger partial charge on any atom is 0.321 e.